The third-order valence-corrected chi connectivity index (χ3v) is 4.18. The van der Waals surface area contributed by atoms with Crippen LogP contribution in [0.4, 0.5) is 0 Å². The van der Waals surface area contributed by atoms with E-state index in [4.69, 9.17) is 5.73 Å². The van der Waals surface area contributed by atoms with Gasteiger partial charge in [0.1, 0.15) is 0 Å². The summed E-state index contributed by atoms with van der Waals surface area (Å²) in [5.41, 5.74) is 7.29. The molecule has 3 nitrogen and oxygen atoms in total. The highest BCUT2D eigenvalue weighted by Gasteiger charge is 2.36. The van der Waals surface area contributed by atoms with Crippen LogP contribution in [0.2, 0.25) is 0 Å². The Bertz CT molecular complexity index is 418. The summed E-state index contributed by atoms with van der Waals surface area (Å²) in [4.78, 5) is 14.3. The molecule has 0 aliphatic carbocycles. The van der Waals surface area contributed by atoms with Crippen LogP contribution in [0.1, 0.15) is 44.6 Å². The van der Waals surface area contributed by atoms with Crippen LogP contribution >= 0.6 is 0 Å². The van der Waals surface area contributed by atoms with Gasteiger partial charge >= 0.3 is 0 Å². The number of amides is 1. The van der Waals surface area contributed by atoms with Crippen molar-refractivity contribution in [2.45, 2.75) is 51.1 Å². The first-order valence-electron chi connectivity index (χ1n) is 7.26. The number of benzene rings is 1. The lowest BCUT2D eigenvalue weighted by Gasteiger charge is -2.27. The van der Waals surface area contributed by atoms with Crippen LogP contribution in [0.5, 0.6) is 0 Å². The molecule has 19 heavy (non-hydrogen) atoms. The Hall–Kier alpha value is -1.35. The smallest absolute Gasteiger partial charge is 0.239 e. The average molecular weight is 260 g/mol. The van der Waals surface area contributed by atoms with E-state index in [0.717, 1.165) is 25.8 Å². The second-order valence-corrected chi connectivity index (χ2v) is 5.47. The molecule has 1 saturated heterocycles. The summed E-state index contributed by atoms with van der Waals surface area (Å²) in [6.45, 7) is 5.03. The summed E-state index contributed by atoms with van der Waals surface area (Å²) in [6, 6.07) is 10.4. The van der Waals surface area contributed by atoms with Crippen molar-refractivity contribution >= 4 is 5.91 Å². The Morgan fingerprint density at radius 1 is 1.42 bits per heavy atom. The summed E-state index contributed by atoms with van der Waals surface area (Å²) in [7, 11) is 0. The molecule has 1 aliphatic heterocycles. The number of hydrogen-bond donors (Lipinski definition) is 1. The number of carbonyl (C=O) groups excluding carboxylic acids is 1. The lowest BCUT2D eigenvalue weighted by Crippen LogP contribution is -2.45. The predicted molar refractivity (Wildman–Crippen MR) is 77.9 cm³/mol. The number of hydrogen-bond acceptors (Lipinski definition) is 2. The second kappa shape index (κ2) is 6.20. The average Bonchev–Trinajstić information content (AvgIpc) is 2.81. The normalized spacial score (nSPS) is 24.5. The molecular weight excluding hydrogens is 236 g/mol. The van der Waals surface area contributed by atoms with E-state index in [1.54, 1.807) is 0 Å². The van der Waals surface area contributed by atoms with Crippen molar-refractivity contribution in [1.82, 2.24) is 4.90 Å². The standard InChI is InChI=1S/C16H24N2O/c1-3-7-15(17)16(19)18-11-10-14(12(18)2)13-8-5-4-6-9-13/h4-6,8-9,12,14-15H,3,7,10-11,17H2,1-2H3. The summed E-state index contributed by atoms with van der Waals surface area (Å²) in [5.74, 6) is 0.562. The van der Waals surface area contributed by atoms with Gasteiger partial charge in [-0.25, -0.2) is 0 Å². The van der Waals surface area contributed by atoms with Crippen LogP contribution in [-0.2, 0) is 4.79 Å². The maximum absolute atomic E-state index is 12.3. The molecule has 2 N–H and O–H groups in total. The van der Waals surface area contributed by atoms with Crippen LogP contribution in [-0.4, -0.2) is 29.4 Å². The second-order valence-electron chi connectivity index (χ2n) is 5.47. The minimum atomic E-state index is -0.332. The van der Waals surface area contributed by atoms with Crippen molar-refractivity contribution < 1.29 is 4.79 Å². The first-order valence-corrected chi connectivity index (χ1v) is 7.26. The summed E-state index contributed by atoms with van der Waals surface area (Å²) < 4.78 is 0. The van der Waals surface area contributed by atoms with E-state index in [2.05, 4.69) is 38.1 Å². The summed E-state index contributed by atoms with van der Waals surface area (Å²) in [5, 5.41) is 0. The molecule has 0 bridgehead atoms. The topological polar surface area (TPSA) is 46.3 Å². The number of nitrogens with zero attached hydrogens (tertiary/aromatic N) is 1. The molecule has 2 rings (SSSR count). The molecule has 0 radical (unpaired) electrons. The maximum atomic E-state index is 12.3. The number of rotatable bonds is 4. The van der Waals surface area contributed by atoms with Gasteiger partial charge in [0.15, 0.2) is 0 Å². The van der Waals surface area contributed by atoms with Gasteiger partial charge in [-0.3, -0.25) is 4.79 Å². The monoisotopic (exact) mass is 260 g/mol. The van der Waals surface area contributed by atoms with E-state index in [0.29, 0.717) is 5.92 Å². The van der Waals surface area contributed by atoms with Gasteiger partial charge in [-0.2, -0.15) is 0 Å². The van der Waals surface area contributed by atoms with Crippen LogP contribution in [0.3, 0.4) is 0 Å². The van der Waals surface area contributed by atoms with Gasteiger partial charge < -0.3 is 10.6 Å². The Morgan fingerprint density at radius 2 is 2.11 bits per heavy atom. The Balaban J connectivity index is 2.06. The Kier molecular flexibility index (Phi) is 4.59. The molecule has 1 aromatic carbocycles. The van der Waals surface area contributed by atoms with Crippen LogP contribution in [0.15, 0.2) is 30.3 Å². The van der Waals surface area contributed by atoms with E-state index >= 15 is 0 Å². The van der Waals surface area contributed by atoms with Crippen LogP contribution < -0.4 is 5.73 Å². The molecule has 0 spiro atoms. The van der Waals surface area contributed by atoms with E-state index in [9.17, 15) is 4.79 Å². The minimum Gasteiger partial charge on any atom is -0.338 e. The third kappa shape index (κ3) is 2.98. The molecule has 3 heteroatoms. The zero-order valence-electron chi connectivity index (χ0n) is 11.9. The van der Waals surface area contributed by atoms with Gasteiger partial charge in [0.05, 0.1) is 6.04 Å². The quantitative estimate of drug-likeness (QED) is 0.904. The largest absolute Gasteiger partial charge is 0.338 e. The fourth-order valence-electron chi connectivity index (χ4n) is 3.04. The van der Waals surface area contributed by atoms with E-state index in [1.165, 1.54) is 5.56 Å². The van der Waals surface area contributed by atoms with Gasteiger partial charge in [-0.15, -0.1) is 0 Å². The fourth-order valence-corrected chi connectivity index (χ4v) is 3.04. The molecule has 0 saturated carbocycles. The van der Waals surface area contributed by atoms with Gasteiger partial charge in [0, 0.05) is 18.5 Å². The van der Waals surface area contributed by atoms with Gasteiger partial charge in [0.2, 0.25) is 5.91 Å². The highest BCUT2D eigenvalue weighted by Crippen LogP contribution is 2.33. The zero-order chi connectivity index (χ0) is 13.8. The molecule has 1 aliphatic rings. The van der Waals surface area contributed by atoms with E-state index in [1.807, 2.05) is 11.0 Å². The SMILES string of the molecule is CCCC(N)C(=O)N1CCC(c2ccccc2)C1C. The molecular formula is C16H24N2O. The van der Waals surface area contributed by atoms with Gasteiger partial charge in [-0.05, 0) is 25.3 Å². The van der Waals surface area contributed by atoms with Crippen molar-refractivity contribution in [2.24, 2.45) is 5.73 Å². The zero-order valence-corrected chi connectivity index (χ0v) is 11.9. The summed E-state index contributed by atoms with van der Waals surface area (Å²) >= 11 is 0. The van der Waals surface area contributed by atoms with Crippen LogP contribution in [0, 0.1) is 0 Å². The molecule has 104 valence electrons. The maximum Gasteiger partial charge on any atom is 0.239 e. The van der Waals surface area contributed by atoms with Crippen molar-refractivity contribution in [1.29, 1.82) is 0 Å². The molecule has 1 amide bonds. The highest BCUT2D eigenvalue weighted by molar-refractivity contribution is 5.82. The number of nitrogens with two attached hydrogens (primary N) is 1. The molecule has 3 unspecified atom stereocenters. The first-order chi connectivity index (χ1) is 9.15. The summed E-state index contributed by atoms with van der Waals surface area (Å²) in [6.07, 6.45) is 2.77. The number of likely N-dealkylation sites (tertiary alicyclic amines) is 1. The molecule has 1 fully saturated rings. The molecule has 1 heterocycles. The number of carbonyl (C=O) groups is 1. The fraction of sp³-hybridized carbons (Fsp3) is 0.562. The van der Waals surface area contributed by atoms with E-state index in [-0.39, 0.29) is 18.0 Å². The first kappa shape index (κ1) is 14.1. The van der Waals surface area contributed by atoms with Crippen molar-refractivity contribution in [3.8, 4) is 0 Å². The lowest BCUT2D eigenvalue weighted by atomic mass is 9.93. The van der Waals surface area contributed by atoms with Crippen molar-refractivity contribution in [2.75, 3.05) is 6.54 Å². The Morgan fingerprint density at radius 3 is 2.74 bits per heavy atom. The predicted octanol–water partition coefficient (Wildman–Crippen LogP) is 2.52. The molecule has 0 aromatic heterocycles. The lowest BCUT2D eigenvalue weighted by molar-refractivity contribution is -0.133. The minimum absolute atomic E-state index is 0.118. The van der Waals surface area contributed by atoms with Crippen LogP contribution in [0.25, 0.3) is 0 Å². The molecule has 3 atom stereocenters. The molecule has 1 aromatic rings. The highest BCUT2D eigenvalue weighted by atomic mass is 16.2. The van der Waals surface area contributed by atoms with Gasteiger partial charge in [0.25, 0.3) is 0 Å². The Labute approximate surface area is 115 Å². The third-order valence-electron chi connectivity index (χ3n) is 4.18. The van der Waals surface area contributed by atoms with Crippen molar-refractivity contribution in [3.05, 3.63) is 35.9 Å². The van der Waals surface area contributed by atoms with Gasteiger partial charge in [-0.1, -0.05) is 43.7 Å². The van der Waals surface area contributed by atoms with Crippen molar-refractivity contribution in [3.63, 3.8) is 0 Å². The van der Waals surface area contributed by atoms with E-state index < -0.39 is 0 Å².